The van der Waals surface area contributed by atoms with E-state index in [1.54, 1.807) is 61.5 Å². The molecule has 2 amide bonds. The van der Waals surface area contributed by atoms with Gasteiger partial charge in [-0.25, -0.2) is 12.8 Å². The van der Waals surface area contributed by atoms with Crippen LogP contribution in [-0.2, 0) is 32.6 Å². The van der Waals surface area contributed by atoms with Crippen LogP contribution in [-0.4, -0.2) is 44.3 Å². The van der Waals surface area contributed by atoms with Gasteiger partial charge in [0, 0.05) is 30.1 Å². The Labute approximate surface area is 269 Å². The summed E-state index contributed by atoms with van der Waals surface area (Å²) in [4.78, 5) is 29.5. The van der Waals surface area contributed by atoms with Gasteiger partial charge in [0.05, 0.1) is 10.6 Å². The fourth-order valence-corrected chi connectivity index (χ4v) is 6.64. The second-order valence-corrected chi connectivity index (χ2v) is 13.5. The molecule has 0 saturated carbocycles. The minimum Gasteiger partial charge on any atom is -0.354 e. The zero-order valence-corrected chi connectivity index (χ0v) is 27.1. The van der Waals surface area contributed by atoms with E-state index >= 15 is 4.39 Å². The average molecular weight is 650 g/mol. The van der Waals surface area contributed by atoms with Gasteiger partial charge < -0.3 is 10.2 Å². The van der Waals surface area contributed by atoms with E-state index in [1.807, 2.05) is 44.2 Å². The highest BCUT2D eigenvalue weighted by atomic mass is 35.5. The van der Waals surface area contributed by atoms with Crippen LogP contribution < -0.4 is 9.62 Å². The van der Waals surface area contributed by atoms with Gasteiger partial charge in [-0.15, -0.1) is 0 Å². The van der Waals surface area contributed by atoms with Gasteiger partial charge in [-0.05, 0) is 60.4 Å². The van der Waals surface area contributed by atoms with Crippen LogP contribution in [0.1, 0.15) is 30.5 Å². The number of benzene rings is 4. The van der Waals surface area contributed by atoms with Crippen molar-refractivity contribution in [3.05, 3.63) is 131 Å². The van der Waals surface area contributed by atoms with Gasteiger partial charge in [0.1, 0.15) is 18.4 Å². The molecule has 0 aliphatic carbocycles. The van der Waals surface area contributed by atoms with E-state index in [0.717, 1.165) is 9.87 Å². The van der Waals surface area contributed by atoms with Gasteiger partial charge in [-0.2, -0.15) is 0 Å². The van der Waals surface area contributed by atoms with E-state index in [2.05, 4.69) is 5.32 Å². The summed E-state index contributed by atoms with van der Waals surface area (Å²) in [5, 5.41) is 3.33. The molecule has 0 aromatic heterocycles. The molecule has 0 aliphatic rings. The van der Waals surface area contributed by atoms with Crippen molar-refractivity contribution in [3.8, 4) is 0 Å². The Kier molecular flexibility index (Phi) is 11.4. The Bertz CT molecular complexity index is 1720. The highest BCUT2D eigenvalue weighted by Gasteiger charge is 2.35. The summed E-state index contributed by atoms with van der Waals surface area (Å²) in [6, 6.07) is 26.7. The lowest BCUT2D eigenvalue weighted by atomic mass is 10.0. The molecule has 4 rings (SSSR count). The van der Waals surface area contributed by atoms with Crippen LogP contribution in [0.15, 0.2) is 108 Å². The quantitative estimate of drug-likeness (QED) is 0.182. The first kappa shape index (κ1) is 33.7. The largest absolute Gasteiger partial charge is 0.354 e. The summed E-state index contributed by atoms with van der Waals surface area (Å²) in [6.07, 6.45) is 0.135. The fraction of sp³-hybridized carbons (Fsp3) is 0.257. The van der Waals surface area contributed by atoms with Crippen molar-refractivity contribution in [3.63, 3.8) is 0 Å². The molecule has 0 aliphatic heterocycles. The summed E-state index contributed by atoms with van der Waals surface area (Å²) in [7, 11) is -4.26. The highest BCUT2D eigenvalue weighted by Crippen LogP contribution is 2.29. The first-order chi connectivity index (χ1) is 21.5. The second-order valence-electron chi connectivity index (χ2n) is 11.2. The normalized spacial score (nSPS) is 12.0. The molecule has 10 heteroatoms. The lowest BCUT2D eigenvalue weighted by Crippen LogP contribution is -2.54. The molecule has 0 unspecified atom stereocenters. The summed E-state index contributed by atoms with van der Waals surface area (Å²) in [5.74, 6) is -1.50. The van der Waals surface area contributed by atoms with Crippen LogP contribution in [0.2, 0.25) is 5.02 Å². The number of anilines is 1. The Balaban J connectivity index is 1.82. The first-order valence-corrected chi connectivity index (χ1v) is 16.5. The number of rotatable bonds is 13. The molecule has 45 heavy (non-hydrogen) atoms. The number of nitrogens with zero attached hydrogens (tertiary/aromatic N) is 2. The first-order valence-electron chi connectivity index (χ1n) is 14.7. The molecule has 0 bridgehead atoms. The summed E-state index contributed by atoms with van der Waals surface area (Å²) in [5.41, 5.74) is 1.77. The number of amides is 2. The molecule has 1 atom stereocenters. The zero-order chi connectivity index (χ0) is 32.6. The van der Waals surface area contributed by atoms with Gasteiger partial charge in [0.2, 0.25) is 11.8 Å². The Morgan fingerprint density at radius 2 is 1.51 bits per heavy atom. The van der Waals surface area contributed by atoms with Crippen LogP contribution >= 0.6 is 11.6 Å². The van der Waals surface area contributed by atoms with E-state index < -0.39 is 40.2 Å². The number of halogens is 2. The smallest absolute Gasteiger partial charge is 0.264 e. The van der Waals surface area contributed by atoms with Crippen molar-refractivity contribution >= 4 is 39.1 Å². The fourth-order valence-electron chi connectivity index (χ4n) is 4.92. The van der Waals surface area contributed by atoms with Gasteiger partial charge in [0.15, 0.2) is 0 Å². The SMILES string of the molecule is Cc1cc(Cl)ccc1N(CC(=O)N(Cc1ccccc1F)[C@@H](Cc1ccccc1)C(=O)NCC(C)C)S(=O)(=O)c1ccccc1. The molecule has 4 aromatic rings. The average Bonchev–Trinajstić information content (AvgIpc) is 3.02. The van der Waals surface area contributed by atoms with Crippen LogP contribution in [0.25, 0.3) is 0 Å². The van der Waals surface area contributed by atoms with E-state index in [1.165, 1.54) is 23.1 Å². The van der Waals surface area contributed by atoms with Crippen LogP contribution in [0, 0.1) is 18.7 Å². The van der Waals surface area contributed by atoms with E-state index in [0.29, 0.717) is 17.1 Å². The third-order valence-corrected chi connectivity index (χ3v) is 9.30. The minimum absolute atomic E-state index is 0.0108. The van der Waals surface area contributed by atoms with Crippen LogP contribution in [0.3, 0.4) is 0 Å². The van der Waals surface area contributed by atoms with Gasteiger partial charge in [-0.3, -0.25) is 13.9 Å². The third kappa shape index (κ3) is 8.71. The highest BCUT2D eigenvalue weighted by molar-refractivity contribution is 7.92. The number of carbonyl (C=O) groups is 2. The molecule has 7 nitrogen and oxygen atoms in total. The van der Waals surface area contributed by atoms with Crippen molar-refractivity contribution in [1.82, 2.24) is 10.2 Å². The van der Waals surface area contributed by atoms with Crippen LogP contribution in [0.5, 0.6) is 0 Å². The number of hydrogen-bond acceptors (Lipinski definition) is 4. The maximum atomic E-state index is 15.0. The van der Waals surface area contributed by atoms with E-state index in [-0.39, 0.29) is 35.0 Å². The van der Waals surface area contributed by atoms with Crippen molar-refractivity contribution < 1.29 is 22.4 Å². The Hall–Kier alpha value is -4.21. The summed E-state index contributed by atoms with van der Waals surface area (Å²) in [6.45, 7) is 5.08. The molecule has 4 aromatic carbocycles. The van der Waals surface area contributed by atoms with Gasteiger partial charge >= 0.3 is 0 Å². The Morgan fingerprint density at radius 3 is 2.13 bits per heavy atom. The maximum Gasteiger partial charge on any atom is 0.264 e. The number of nitrogens with one attached hydrogen (secondary N) is 1. The summed E-state index contributed by atoms with van der Waals surface area (Å²) >= 11 is 6.20. The lowest BCUT2D eigenvalue weighted by molar-refractivity contribution is -0.140. The zero-order valence-electron chi connectivity index (χ0n) is 25.5. The maximum absolute atomic E-state index is 15.0. The minimum atomic E-state index is -4.26. The molecular weight excluding hydrogens is 613 g/mol. The van der Waals surface area contributed by atoms with Crippen LogP contribution in [0.4, 0.5) is 10.1 Å². The van der Waals surface area contributed by atoms with Crippen molar-refractivity contribution in [2.75, 3.05) is 17.4 Å². The standard InChI is InChI=1S/C35H37ClFN3O4S/c1-25(2)22-38-35(42)33(21-27-12-6-4-7-13-27)39(23-28-14-10-11-17-31(28)37)34(41)24-40(32-19-18-29(36)20-26(32)3)45(43,44)30-15-8-5-9-16-30/h4-20,25,33H,21-24H2,1-3H3,(H,38,42)/t33-/m0/s1. The summed E-state index contributed by atoms with van der Waals surface area (Å²) < 4.78 is 44.2. The lowest BCUT2D eigenvalue weighted by Gasteiger charge is -2.34. The predicted molar refractivity (Wildman–Crippen MR) is 176 cm³/mol. The van der Waals surface area contributed by atoms with Crippen molar-refractivity contribution in [2.24, 2.45) is 5.92 Å². The molecular formula is C35H37ClFN3O4S. The van der Waals surface area contributed by atoms with Gasteiger partial charge in [0.25, 0.3) is 10.0 Å². The number of hydrogen-bond donors (Lipinski definition) is 1. The third-order valence-electron chi connectivity index (χ3n) is 7.29. The van der Waals surface area contributed by atoms with E-state index in [4.69, 9.17) is 11.6 Å². The second kappa shape index (κ2) is 15.2. The molecule has 0 saturated heterocycles. The Morgan fingerprint density at radius 1 is 0.889 bits per heavy atom. The monoisotopic (exact) mass is 649 g/mol. The molecule has 236 valence electrons. The number of carbonyl (C=O) groups excluding carboxylic acids is 2. The topological polar surface area (TPSA) is 86.8 Å². The van der Waals surface area contributed by atoms with Gasteiger partial charge in [-0.1, -0.05) is 92.2 Å². The number of sulfonamides is 1. The molecule has 0 heterocycles. The molecule has 0 radical (unpaired) electrons. The molecule has 1 N–H and O–H groups in total. The molecule has 0 fully saturated rings. The van der Waals surface area contributed by atoms with E-state index in [9.17, 15) is 18.0 Å². The van der Waals surface area contributed by atoms with Crippen molar-refractivity contribution in [1.29, 1.82) is 0 Å². The number of aryl methyl sites for hydroxylation is 1. The molecule has 0 spiro atoms. The predicted octanol–water partition coefficient (Wildman–Crippen LogP) is 6.40. The van der Waals surface area contributed by atoms with Crippen molar-refractivity contribution in [2.45, 2.75) is 44.7 Å².